The fraction of sp³-hybridized carbons (Fsp3) is 0.222. The maximum absolute atomic E-state index is 12.8. The lowest BCUT2D eigenvalue weighted by Crippen LogP contribution is -2.25. The number of thioether (sulfide) groups is 1. The van der Waals surface area contributed by atoms with Crippen LogP contribution in [0.5, 0.6) is 0 Å². The normalized spacial score (nSPS) is 11.0. The quantitative estimate of drug-likeness (QED) is 0.274. The van der Waals surface area contributed by atoms with Gasteiger partial charge < -0.3 is 4.74 Å². The molecule has 2 aromatic carbocycles. The Balaban J connectivity index is 1.99. The Bertz CT molecular complexity index is 1000. The van der Waals surface area contributed by atoms with Crippen LogP contribution in [0, 0.1) is 10.1 Å². The highest BCUT2D eigenvalue weighted by atomic mass is 32.2. The second-order valence-corrected chi connectivity index (χ2v) is 6.48. The van der Waals surface area contributed by atoms with Crippen molar-refractivity contribution in [2.24, 2.45) is 0 Å². The molecule has 3 rings (SSSR count). The third-order valence-corrected chi connectivity index (χ3v) is 4.92. The first kappa shape index (κ1) is 18.1. The number of aromatic nitrogens is 2. The molecule has 0 saturated carbocycles. The van der Waals surface area contributed by atoms with Crippen LogP contribution in [0.4, 0.5) is 5.69 Å². The number of hydrogen-bond donors (Lipinski definition) is 0. The Kier molecular flexibility index (Phi) is 5.65. The van der Waals surface area contributed by atoms with Gasteiger partial charge >= 0.3 is 0 Å². The molecular formula is C18H17N3O4S. The van der Waals surface area contributed by atoms with E-state index in [0.717, 1.165) is 0 Å². The van der Waals surface area contributed by atoms with Gasteiger partial charge in [-0.05, 0) is 12.1 Å². The number of nitrogens with zero attached hydrogens (tertiary/aromatic N) is 3. The molecule has 1 aromatic heterocycles. The number of rotatable bonds is 7. The molecule has 134 valence electrons. The molecule has 0 unspecified atom stereocenters. The molecule has 0 aliphatic carbocycles. The second kappa shape index (κ2) is 8.11. The largest absolute Gasteiger partial charge is 0.383 e. The van der Waals surface area contributed by atoms with Gasteiger partial charge in [-0.25, -0.2) is 4.98 Å². The molecule has 0 fully saturated rings. The van der Waals surface area contributed by atoms with E-state index in [1.807, 2.05) is 6.07 Å². The van der Waals surface area contributed by atoms with Crippen molar-refractivity contribution in [3.8, 4) is 0 Å². The summed E-state index contributed by atoms with van der Waals surface area (Å²) in [7, 11) is 1.57. The fourth-order valence-electron chi connectivity index (χ4n) is 2.59. The molecule has 7 nitrogen and oxygen atoms in total. The predicted octanol–water partition coefficient (Wildman–Crippen LogP) is 3.24. The average Bonchev–Trinajstić information content (AvgIpc) is 2.66. The van der Waals surface area contributed by atoms with Crippen molar-refractivity contribution in [2.75, 3.05) is 13.7 Å². The van der Waals surface area contributed by atoms with Crippen molar-refractivity contribution in [1.29, 1.82) is 0 Å². The molecule has 3 aromatic rings. The first-order chi connectivity index (χ1) is 12.6. The van der Waals surface area contributed by atoms with E-state index in [-0.39, 0.29) is 11.2 Å². The van der Waals surface area contributed by atoms with Gasteiger partial charge in [0, 0.05) is 24.5 Å². The molecule has 0 amide bonds. The highest BCUT2D eigenvalue weighted by Gasteiger charge is 2.15. The third-order valence-electron chi connectivity index (χ3n) is 3.89. The molecule has 0 N–H and O–H groups in total. The van der Waals surface area contributed by atoms with E-state index < -0.39 is 4.92 Å². The smallest absolute Gasteiger partial charge is 0.273 e. The van der Waals surface area contributed by atoms with Crippen LogP contribution in [0.1, 0.15) is 5.56 Å². The summed E-state index contributed by atoms with van der Waals surface area (Å²) in [5, 5.41) is 12.2. The minimum atomic E-state index is -0.401. The molecule has 0 atom stereocenters. The van der Waals surface area contributed by atoms with Crippen LogP contribution in [-0.4, -0.2) is 28.2 Å². The molecule has 0 bridgehead atoms. The summed E-state index contributed by atoms with van der Waals surface area (Å²) < 4.78 is 6.66. The van der Waals surface area contributed by atoms with Crippen molar-refractivity contribution in [3.05, 3.63) is 74.6 Å². The van der Waals surface area contributed by atoms with E-state index in [4.69, 9.17) is 4.74 Å². The minimum absolute atomic E-state index is 0.0616. The highest BCUT2D eigenvalue weighted by molar-refractivity contribution is 7.98. The molecule has 0 saturated heterocycles. The molecule has 26 heavy (non-hydrogen) atoms. The summed E-state index contributed by atoms with van der Waals surface area (Å²) in [6.07, 6.45) is 0. The van der Waals surface area contributed by atoms with Gasteiger partial charge in [-0.3, -0.25) is 19.5 Å². The monoisotopic (exact) mass is 371 g/mol. The second-order valence-electron chi connectivity index (χ2n) is 5.54. The number of methoxy groups -OCH3 is 1. The van der Waals surface area contributed by atoms with Gasteiger partial charge in [0.05, 0.1) is 29.0 Å². The summed E-state index contributed by atoms with van der Waals surface area (Å²) >= 11 is 1.30. The van der Waals surface area contributed by atoms with Crippen molar-refractivity contribution >= 4 is 28.4 Å². The van der Waals surface area contributed by atoms with Gasteiger partial charge in [-0.2, -0.15) is 0 Å². The Morgan fingerprint density at radius 3 is 2.69 bits per heavy atom. The number of ether oxygens (including phenoxy) is 1. The number of benzene rings is 2. The molecule has 0 aliphatic rings. The topological polar surface area (TPSA) is 87.3 Å². The van der Waals surface area contributed by atoms with E-state index in [0.29, 0.717) is 40.5 Å². The summed E-state index contributed by atoms with van der Waals surface area (Å²) in [6, 6.07) is 13.7. The van der Waals surface area contributed by atoms with E-state index >= 15 is 0 Å². The molecule has 0 aliphatic heterocycles. The van der Waals surface area contributed by atoms with Gasteiger partial charge in [0.2, 0.25) is 0 Å². The van der Waals surface area contributed by atoms with Gasteiger partial charge in [-0.1, -0.05) is 42.1 Å². The van der Waals surface area contributed by atoms with Crippen molar-refractivity contribution in [3.63, 3.8) is 0 Å². The van der Waals surface area contributed by atoms with E-state index in [1.165, 1.54) is 17.8 Å². The van der Waals surface area contributed by atoms with E-state index in [2.05, 4.69) is 4.98 Å². The van der Waals surface area contributed by atoms with Crippen molar-refractivity contribution in [1.82, 2.24) is 9.55 Å². The lowest BCUT2D eigenvalue weighted by Gasteiger charge is -2.12. The van der Waals surface area contributed by atoms with Crippen LogP contribution in [0.25, 0.3) is 10.9 Å². The first-order valence-electron chi connectivity index (χ1n) is 7.95. The van der Waals surface area contributed by atoms with Gasteiger partial charge in [-0.15, -0.1) is 0 Å². The van der Waals surface area contributed by atoms with E-state index in [1.54, 1.807) is 48.1 Å². The van der Waals surface area contributed by atoms with Crippen LogP contribution < -0.4 is 5.56 Å². The highest BCUT2D eigenvalue weighted by Crippen LogP contribution is 2.27. The summed E-state index contributed by atoms with van der Waals surface area (Å²) in [5.74, 6) is 0.342. The maximum Gasteiger partial charge on any atom is 0.273 e. The Hall–Kier alpha value is -2.71. The van der Waals surface area contributed by atoms with Crippen LogP contribution in [-0.2, 0) is 17.0 Å². The van der Waals surface area contributed by atoms with Crippen LogP contribution in [0.15, 0.2) is 58.5 Å². The zero-order valence-electron chi connectivity index (χ0n) is 14.1. The number of hydrogen-bond acceptors (Lipinski definition) is 6. The van der Waals surface area contributed by atoms with Crippen LogP contribution >= 0.6 is 11.8 Å². The van der Waals surface area contributed by atoms with Crippen molar-refractivity contribution in [2.45, 2.75) is 17.5 Å². The minimum Gasteiger partial charge on any atom is -0.383 e. The third kappa shape index (κ3) is 3.76. The Morgan fingerprint density at radius 1 is 1.19 bits per heavy atom. The van der Waals surface area contributed by atoms with Gasteiger partial charge in [0.15, 0.2) is 5.16 Å². The molecule has 8 heteroatoms. The van der Waals surface area contributed by atoms with E-state index in [9.17, 15) is 14.9 Å². The molecule has 0 radical (unpaired) electrons. The lowest BCUT2D eigenvalue weighted by molar-refractivity contribution is -0.385. The Morgan fingerprint density at radius 2 is 1.92 bits per heavy atom. The number of para-hydroxylation sites is 2. The predicted molar refractivity (Wildman–Crippen MR) is 101 cm³/mol. The van der Waals surface area contributed by atoms with Gasteiger partial charge in [0.25, 0.3) is 11.2 Å². The SMILES string of the molecule is COCCn1c(SCc2ccccc2[N+](=O)[O-])nc2ccccc2c1=O. The Labute approximate surface area is 153 Å². The number of fused-ring (bicyclic) bond motifs is 1. The number of nitro benzene ring substituents is 1. The lowest BCUT2D eigenvalue weighted by atomic mass is 10.2. The number of nitro groups is 1. The molecule has 0 spiro atoms. The molecule has 1 heterocycles. The zero-order chi connectivity index (χ0) is 18.5. The van der Waals surface area contributed by atoms with Crippen LogP contribution in [0.3, 0.4) is 0 Å². The summed E-state index contributed by atoms with van der Waals surface area (Å²) in [6.45, 7) is 0.741. The summed E-state index contributed by atoms with van der Waals surface area (Å²) in [5.41, 5.74) is 1.11. The van der Waals surface area contributed by atoms with Crippen molar-refractivity contribution < 1.29 is 9.66 Å². The standard InChI is InChI=1S/C18H17N3O4S/c1-25-11-10-20-17(22)14-7-3-4-8-15(14)19-18(20)26-12-13-6-2-5-9-16(13)21(23)24/h2-9H,10-12H2,1H3. The molecular weight excluding hydrogens is 354 g/mol. The van der Waals surface area contributed by atoms with Crippen LogP contribution in [0.2, 0.25) is 0 Å². The fourth-order valence-corrected chi connectivity index (χ4v) is 3.61. The van der Waals surface area contributed by atoms with Gasteiger partial charge in [0.1, 0.15) is 0 Å². The average molecular weight is 371 g/mol. The first-order valence-corrected chi connectivity index (χ1v) is 8.94. The summed E-state index contributed by atoms with van der Waals surface area (Å²) in [4.78, 5) is 28.1. The maximum atomic E-state index is 12.8. The zero-order valence-corrected chi connectivity index (χ0v) is 14.9.